The van der Waals surface area contributed by atoms with Gasteiger partial charge in [0.05, 0.1) is 25.5 Å². The Kier molecular flexibility index (Phi) is 5.41. The van der Waals surface area contributed by atoms with E-state index in [0.29, 0.717) is 13.2 Å². The molecule has 1 spiro atoms. The van der Waals surface area contributed by atoms with Gasteiger partial charge in [-0.1, -0.05) is 6.92 Å². The van der Waals surface area contributed by atoms with E-state index in [0.717, 1.165) is 100.0 Å². The van der Waals surface area contributed by atoms with Crippen LogP contribution in [0.3, 0.4) is 0 Å². The molecule has 1 aliphatic carbocycles. The van der Waals surface area contributed by atoms with E-state index in [1.54, 1.807) is 0 Å². The number of aromatic nitrogens is 2. The summed E-state index contributed by atoms with van der Waals surface area (Å²) in [5, 5.41) is 0. The molecule has 2 saturated heterocycles. The van der Waals surface area contributed by atoms with E-state index in [9.17, 15) is 4.79 Å². The second-order valence-electron chi connectivity index (χ2n) is 8.99. The highest BCUT2D eigenvalue weighted by Gasteiger charge is 2.44. The quantitative estimate of drug-likeness (QED) is 0.814. The fraction of sp³-hybridized carbons (Fsp3) is 0.652. The van der Waals surface area contributed by atoms with E-state index in [4.69, 9.17) is 14.1 Å². The molecular weight excluding hydrogens is 380 g/mol. The number of nitrogens with zero attached hydrogens (tertiary/aromatic N) is 3. The summed E-state index contributed by atoms with van der Waals surface area (Å²) in [7, 11) is 0. The summed E-state index contributed by atoms with van der Waals surface area (Å²) in [6.07, 6.45) is 6.12. The van der Waals surface area contributed by atoms with Gasteiger partial charge in [-0.3, -0.25) is 14.7 Å². The Labute approximate surface area is 177 Å². The Morgan fingerprint density at radius 2 is 1.87 bits per heavy atom. The van der Waals surface area contributed by atoms with Gasteiger partial charge in [-0.05, 0) is 57.3 Å². The first-order valence-electron chi connectivity index (χ1n) is 11.4. The minimum Gasteiger partial charge on any atom is -0.465 e. The zero-order chi connectivity index (χ0) is 20.6. The van der Waals surface area contributed by atoms with Crippen LogP contribution >= 0.6 is 0 Å². The van der Waals surface area contributed by atoms with Gasteiger partial charge in [0.15, 0.2) is 0 Å². The lowest BCUT2D eigenvalue weighted by Crippen LogP contribution is -2.43. The van der Waals surface area contributed by atoms with Gasteiger partial charge in [0.25, 0.3) is 5.56 Å². The number of fused-ring (bicyclic) bond motifs is 2. The van der Waals surface area contributed by atoms with Gasteiger partial charge in [0.2, 0.25) is 5.95 Å². The maximum absolute atomic E-state index is 12.8. The monoisotopic (exact) mass is 412 g/mol. The minimum atomic E-state index is 0.0532. The molecule has 2 aromatic heterocycles. The molecular formula is C23H32N4O3. The lowest BCUT2D eigenvalue weighted by molar-refractivity contribution is 0.121. The summed E-state index contributed by atoms with van der Waals surface area (Å²) in [6.45, 7) is 8.03. The molecule has 162 valence electrons. The van der Waals surface area contributed by atoms with Crippen LogP contribution in [-0.4, -0.2) is 54.3 Å². The molecule has 2 fully saturated rings. The molecule has 0 bridgehead atoms. The number of ether oxygens (including phenoxy) is 1. The van der Waals surface area contributed by atoms with Crippen molar-refractivity contribution in [2.75, 3.05) is 44.3 Å². The summed E-state index contributed by atoms with van der Waals surface area (Å²) in [5.74, 6) is 2.87. The van der Waals surface area contributed by atoms with Gasteiger partial charge in [0.1, 0.15) is 11.5 Å². The van der Waals surface area contributed by atoms with E-state index in [2.05, 4.69) is 33.8 Å². The van der Waals surface area contributed by atoms with E-state index in [-0.39, 0.29) is 11.0 Å². The first-order valence-corrected chi connectivity index (χ1v) is 11.4. The molecule has 0 saturated carbocycles. The predicted octanol–water partition coefficient (Wildman–Crippen LogP) is 2.63. The highest BCUT2D eigenvalue weighted by Crippen LogP contribution is 2.44. The number of H-pyrrole nitrogens is 1. The molecule has 0 amide bonds. The molecule has 4 heterocycles. The molecule has 0 aromatic carbocycles. The molecule has 7 nitrogen and oxygen atoms in total. The van der Waals surface area contributed by atoms with Crippen LogP contribution in [0.15, 0.2) is 21.3 Å². The second kappa shape index (κ2) is 8.19. The summed E-state index contributed by atoms with van der Waals surface area (Å²) >= 11 is 0. The molecule has 5 rings (SSSR count). The van der Waals surface area contributed by atoms with Crippen LogP contribution in [0, 0.1) is 0 Å². The molecule has 0 radical (unpaired) electrons. The van der Waals surface area contributed by atoms with E-state index in [1.807, 2.05) is 0 Å². The fourth-order valence-electron chi connectivity index (χ4n) is 5.30. The molecule has 7 heteroatoms. The third kappa shape index (κ3) is 3.69. The van der Waals surface area contributed by atoms with Crippen molar-refractivity contribution in [1.29, 1.82) is 0 Å². The molecule has 2 aliphatic heterocycles. The molecule has 30 heavy (non-hydrogen) atoms. The van der Waals surface area contributed by atoms with Gasteiger partial charge in [0, 0.05) is 30.5 Å². The Bertz CT molecular complexity index is 936. The van der Waals surface area contributed by atoms with Crippen LogP contribution in [0.4, 0.5) is 5.95 Å². The number of furan rings is 1. The largest absolute Gasteiger partial charge is 0.465 e. The van der Waals surface area contributed by atoms with E-state index in [1.165, 1.54) is 0 Å². The molecule has 3 aliphatic rings. The number of nitrogens with one attached hydrogen (secondary N) is 1. The van der Waals surface area contributed by atoms with E-state index >= 15 is 0 Å². The van der Waals surface area contributed by atoms with Crippen molar-refractivity contribution in [3.63, 3.8) is 0 Å². The standard InChI is InChI=1S/C23H32N4O3/c1-2-3-17-4-5-18(30-17)16-26-10-8-23(9-11-26)7-6-19-20(23)24-22(25-21(19)28)27-12-14-29-15-13-27/h4-5H,2-3,6-16H2,1H3,(H,24,25,28). The smallest absolute Gasteiger partial charge is 0.255 e. The Morgan fingerprint density at radius 3 is 2.63 bits per heavy atom. The normalized spacial score (nSPS) is 21.3. The number of rotatable bonds is 5. The second-order valence-corrected chi connectivity index (χ2v) is 8.99. The van der Waals surface area contributed by atoms with Crippen molar-refractivity contribution in [2.24, 2.45) is 0 Å². The maximum Gasteiger partial charge on any atom is 0.255 e. The number of aryl methyl sites for hydroxylation is 1. The maximum atomic E-state index is 12.8. The van der Waals surface area contributed by atoms with Crippen molar-refractivity contribution in [3.05, 3.63) is 45.3 Å². The average molecular weight is 413 g/mol. The summed E-state index contributed by atoms with van der Waals surface area (Å²) in [4.78, 5) is 25.5. The van der Waals surface area contributed by atoms with Crippen LogP contribution in [0.25, 0.3) is 0 Å². The zero-order valence-corrected chi connectivity index (χ0v) is 17.9. The van der Waals surface area contributed by atoms with Crippen LogP contribution < -0.4 is 10.5 Å². The Balaban J connectivity index is 1.30. The topological polar surface area (TPSA) is 74.6 Å². The SMILES string of the molecule is CCCc1ccc(CN2CCC3(CCc4c3nc(N3CCOCC3)[nH]c4=O)CC2)o1. The minimum absolute atomic E-state index is 0.0532. The first kappa shape index (κ1) is 19.8. The summed E-state index contributed by atoms with van der Waals surface area (Å²) in [6, 6.07) is 4.23. The number of likely N-dealkylation sites (tertiary alicyclic amines) is 1. The number of aromatic amines is 1. The van der Waals surface area contributed by atoms with Gasteiger partial charge in [-0.2, -0.15) is 0 Å². The number of morpholine rings is 1. The zero-order valence-electron chi connectivity index (χ0n) is 17.9. The van der Waals surface area contributed by atoms with Crippen LogP contribution in [0.5, 0.6) is 0 Å². The van der Waals surface area contributed by atoms with E-state index < -0.39 is 0 Å². The van der Waals surface area contributed by atoms with Crippen LogP contribution in [-0.2, 0) is 29.5 Å². The van der Waals surface area contributed by atoms with Crippen LogP contribution in [0.2, 0.25) is 0 Å². The fourth-order valence-corrected chi connectivity index (χ4v) is 5.30. The van der Waals surface area contributed by atoms with Gasteiger partial charge in [-0.25, -0.2) is 4.98 Å². The predicted molar refractivity (Wildman–Crippen MR) is 115 cm³/mol. The van der Waals surface area contributed by atoms with Crippen LogP contribution in [0.1, 0.15) is 55.4 Å². The lowest BCUT2D eigenvalue weighted by Gasteiger charge is -2.39. The number of piperidine rings is 1. The molecule has 2 aromatic rings. The summed E-state index contributed by atoms with van der Waals surface area (Å²) in [5.41, 5.74) is 2.09. The Morgan fingerprint density at radius 1 is 1.10 bits per heavy atom. The van der Waals surface area contributed by atoms with Crippen molar-refractivity contribution < 1.29 is 9.15 Å². The molecule has 0 unspecified atom stereocenters. The average Bonchev–Trinajstić information content (AvgIpc) is 3.36. The van der Waals surface area contributed by atoms with Gasteiger partial charge < -0.3 is 14.1 Å². The lowest BCUT2D eigenvalue weighted by atomic mass is 9.76. The third-order valence-electron chi connectivity index (χ3n) is 7.08. The third-order valence-corrected chi connectivity index (χ3v) is 7.08. The van der Waals surface area contributed by atoms with Gasteiger partial charge >= 0.3 is 0 Å². The molecule has 0 atom stereocenters. The first-order chi connectivity index (χ1) is 14.7. The number of hydrogen-bond donors (Lipinski definition) is 1. The molecule has 1 N–H and O–H groups in total. The van der Waals surface area contributed by atoms with Crippen molar-refractivity contribution in [1.82, 2.24) is 14.9 Å². The van der Waals surface area contributed by atoms with Crippen molar-refractivity contribution in [3.8, 4) is 0 Å². The number of anilines is 1. The van der Waals surface area contributed by atoms with Gasteiger partial charge in [-0.15, -0.1) is 0 Å². The van der Waals surface area contributed by atoms with Crippen molar-refractivity contribution in [2.45, 2.75) is 57.4 Å². The summed E-state index contributed by atoms with van der Waals surface area (Å²) < 4.78 is 11.4. The Hall–Kier alpha value is -2.12. The number of hydrogen-bond acceptors (Lipinski definition) is 6. The highest BCUT2D eigenvalue weighted by molar-refractivity contribution is 5.40. The van der Waals surface area contributed by atoms with Crippen molar-refractivity contribution >= 4 is 5.95 Å². The highest BCUT2D eigenvalue weighted by atomic mass is 16.5.